The minimum absolute atomic E-state index is 0.0610. The second-order valence-electron chi connectivity index (χ2n) is 4.80. The molecule has 0 saturated heterocycles. The second-order valence-corrected chi connectivity index (χ2v) is 5.74. The molecule has 2 rings (SSSR count). The van der Waals surface area contributed by atoms with Gasteiger partial charge in [0.25, 0.3) is 0 Å². The number of H-pyrrole nitrogens is 1. The Morgan fingerprint density at radius 1 is 1.29 bits per heavy atom. The zero-order valence-electron chi connectivity index (χ0n) is 12.8. The molecule has 0 spiro atoms. The highest BCUT2D eigenvalue weighted by Crippen LogP contribution is 2.20. The summed E-state index contributed by atoms with van der Waals surface area (Å²) in [4.78, 5) is 23.8. The van der Waals surface area contributed by atoms with Crippen molar-refractivity contribution in [2.75, 3.05) is 5.75 Å². The molecule has 0 aliphatic rings. The van der Waals surface area contributed by atoms with Crippen molar-refractivity contribution in [3.63, 3.8) is 0 Å². The summed E-state index contributed by atoms with van der Waals surface area (Å²) in [6.45, 7) is 9.29. The van der Waals surface area contributed by atoms with Crippen molar-refractivity contribution in [1.82, 2.24) is 19.3 Å². The molecular formula is C14H20N4O2S. The summed E-state index contributed by atoms with van der Waals surface area (Å²) in [7, 11) is 0. The Morgan fingerprint density at radius 2 is 1.95 bits per heavy atom. The molecule has 114 valence electrons. The number of carbonyl (C=O) groups excluding carboxylic acids is 1. The van der Waals surface area contributed by atoms with Gasteiger partial charge < -0.3 is 4.57 Å². The number of hydrogen-bond acceptors (Lipinski definition) is 4. The number of aryl methyl sites for hydroxylation is 1. The number of nitrogens with zero attached hydrogens (tertiary/aromatic N) is 3. The second kappa shape index (κ2) is 6.34. The molecule has 6 nitrogen and oxygen atoms in total. The summed E-state index contributed by atoms with van der Waals surface area (Å²) in [5, 5.41) is 6.91. The lowest BCUT2D eigenvalue weighted by atomic mass is 10.2. The van der Waals surface area contributed by atoms with E-state index in [9.17, 15) is 9.59 Å². The van der Waals surface area contributed by atoms with E-state index in [2.05, 4.69) is 21.7 Å². The molecule has 1 N–H and O–H groups in total. The Bertz CT molecular complexity index is 711. The van der Waals surface area contributed by atoms with Crippen molar-refractivity contribution >= 4 is 17.5 Å². The van der Waals surface area contributed by atoms with Crippen LogP contribution in [0.2, 0.25) is 0 Å². The Kier molecular flexibility index (Phi) is 4.72. The maximum Gasteiger partial charge on any atom is 0.343 e. The summed E-state index contributed by atoms with van der Waals surface area (Å²) >= 11 is 1.29. The number of aromatic amines is 1. The quantitative estimate of drug-likeness (QED) is 0.654. The van der Waals surface area contributed by atoms with Gasteiger partial charge in [-0.3, -0.25) is 9.36 Å². The lowest BCUT2D eigenvalue weighted by Crippen LogP contribution is -2.16. The molecule has 2 aromatic heterocycles. The molecule has 7 heteroatoms. The van der Waals surface area contributed by atoms with E-state index < -0.39 is 0 Å². The Hall–Kier alpha value is -1.76. The third kappa shape index (κ3) is 2.97. The van der Waals surface area contributed by atoms with E-state index in [0.717, 1.165) is 23.5 Å². The van der Waals surface area contributed by atoms with Crippen LogP contribution in [0.1, 0.15) is 35.6 Å². The highest BCUT2D eigenvalue weighted by atomic mass is 32.2. The topological polar surface area (TPSA) is 72.7 Å². The highest BCUT2D eigenvalue weighted by Gasteiger charge is 2.16. The van der Waals surface area contributed by atoms with Gasteiger partial charge in [-0.15, -0.1) is 5.10 Å². The van der Waals surface area contributed by atoms with Crippen molar-refractivity contribution in [3.8, 4) is 0 Å². The first-order valence-electron chi connectivity index (χ1n) is 6.97. The van der Waals surface area contributed by atoms with Crippen LogP contribution in [0, 0.1) is 13.8 Å². The number of thioether (sulfide) groups is 1. The molecule has 0 aliphatic heterocycles. The van der Waals surface area contributed by atoms with Crippen LogP contribution in [0.25, 0.3) is 0 Å². The molecule has 0 bridgehead atoms. The van der Waals surface area contributed by atoms with Gasteiger partial charge in [-0.05, 0) is 33.8 Å². The average Bonchev–Trinajstić information content (AvgIpc) is 2.96. The number of Topliss-reactive ketones (excluding diaryl/α,β-unsaturated/α-hetero) is 1. The minimum atomic E-state index is -0.239. The number of ketones is 1. The molecule has 0 aliphatic carbocycles. The van der Waals surface area contributed by atoms with E-state index in [0.29, 0.717) is 11.7 Å². The van der Waals surface area contributed by atoms with Crippen molar-refractivity contribution in [1.29, 1.82) is 0 Å². The molecule has 2 aromatic rings. The van der Waals surface area contributed by atoms with Gasteiger partial charge in [0, 0.05) is 30.0 Å². The van der Waals surface area contributed by atoms with Crippen molar-refractivity contribution in [2.45, 2.75) is 45.9 Å². The van der Waals surface area contributed by atoms with Crippen LogP contribution in [0.15, 0.2) is 16.0 Å². The molecule has 0 fully saturated rings. The van der Waals surface area contributed by atoms with Crippen molar-refractivity contribution < 1.29 is 4.79 Å². The van der Waals surface area contributed by atoms with E-state index >= 15 is 0 Å². The van der Waals surface area contributed by atoms with Gasteiger partial charge in [-0.1, -0.05) is 11.8 Å². The molecule has 21 heavy (non-hydrogen) atoms. The van der Waals surface area contributed by atoms with Crippen LogP contribution in [0.3, 0.4) is 0 Å². The molecule has 0 radical (unpaired) electrons. The largest absolute Gasteiger partial charge is 0.349 e. The molecule has 2 heterocycles. The SMILES string of the molecule is CCn1c(C)cc(C(=O)CSc2n[nH]c(=O)n2CC)c1C. The maximum absolute atomic E-state index is 12.4. The standard InChI is InChI=1S/C14H20N4O2S/c1-5-17-9(3)7-11(10(17)4)12(19)8-21-14-16-15-13(20)18(14)6-2/h7H,5-6,8H2,1-4H3,(H,15,20). The van der Waals surface area contributed by atoms with Crippen LogP contribution in [0.4, 0.5) is 0 Å². The maximum atomic E-state index is 12.4. The predicted octanol–water partition coefficient (Wildman–Crippen LogP) is 2.00. The smallest absolute Gasteiger partial charge is 0.343 e. The highest BCUT2D eigenvalue weighted by molar-refractivity contribution is 7.99. The van der Waals surface area contributed by atoms with Crippen LogP contribution in [-0.4, -0.2) is 30.9 Å². The number of aromatic nitrogens is 4. The van der Waals surface area contributed by atoms with E-state index in [1.807, 2.05) is 26.8 Å². The molecule has 0 amide bonds. The Balaban J connectivity index is 2.14. The van der Waals surface area contributed by atoms with E-state index in [-0.39, 0.29) is 17.2 Å². The van der Waals surface area contributed by atoms with Crippen LogP contribution in [0.5, 0.6) is 0 Å². The normalized spacial score (nSPS) is 11.0. The fraction of sp³-hybridized carbons (Fsp3) is 0.500. The number of nitrogens with one attached hydrogen (secondary N) is 1. The predicted molar refractivity (Wildman–Crippen MR) is 83.2 cm³/mol. The monoisotopic (exact) mass is 308 g/mol. The van der Waals surface area contributed by atoms with Gasteiger partial charge in [-0.2, -0.15) is 0 Å². The summed E-state index contributed by atoms with van der Waals surface area (Å²) < 4.78 is 3.64. The number of carbonyl (C=O) groups is 1. The van der Waals surface area contributed by atoms with Crippen molar-refractivity contribution in [2.24, 2.45) is 0 Å². The summed E-state index contributed by atoms with van der Waals surface area (Å²) in [5.74, 6) is 0.337. The average molecular weight is 308 g/mol. The first kappa shape index (κ1) is 15.6. The first-order chi connectivity index (χ1) is 9.99. The van der Waals surface area contributed by atoms with Crippen molar-refractivity contribution in [3.05, 3.63) is 33.5 Å². The fourth-order valence-electron chi connectivity index (χ4n) is 2.47. The lowest BCUT2D eigenvalue weighted by Gasteiger charge is -2.05. The van der Waals surface area contributed by atoms with Gasteiger partial charge in [-0.25, -0.2) is 9.89 Å². The fourth-order valence-corrected chi connectivity index (χ4v) is 3.36. The third-order valence-electron chi connectivity index (χ3n) is 3.56. The summed E-state index contributed by atoms with van der Waals surface area (Å²) in [6.07, 6.45) is 0. The zero-order valence-corrected chi connectivity index (χ0v) is 13.6. The molecule has 0 atom stereocenters. The van der Waals surface area contributed by atoms with Gasteiger partial charge in [0.05, 0.1) is 5.75 Å². The Labute approximate surface area is 127 Å². The van der Waals surface area contributed by atoms with Crippen LogP contribution < -0.4 is 5.69 Å². The van der Waals surface area contributed by atoms with E-state index in [1.165, 1.54) is 16.3 Å². The van der Waals surface area contributed by atoms with Gasteiger partial charge >= 0.3 is 5.69 Å². The van der Waals surface area contributed by atoms with E-state index in [1.54, 1.807) is 0 Å². The van der Waals surface area contributed by atoms with Gasteiger partial charge in [0.1, 0.15) is 0 Å². The molecule has 0 unspecified atom stereocenters. The van der Waals surface area contributed by atoms with Gasteiger partial charge in [0.15, 0.2) is 10.9 Å². The summed E-state index contributed by atoms with van der Waals surface area (Å²) in [6, 6.07) is 1.93. The molecule has 0 aromatic carbocycles. The van der Waals surface area contributed by atoms with Crippen LogP contribution in [-0.2, 0) is 13.1 Å². The van der Waals surface area contributed by atoms with E-state index in [4.69, 9.17) is 0 Å². The third-order valence-corrected chi connectivity index (χ3v) is 4.54. The first-order valence-corrected chi connectivity index (χ1v) is 7.96. The molecule has 0 saturated carbocycles. The lowest BCUT2D eigenvalue weighted by molar-refractivity contribution is 0.102. The van der Waals surface area contributed by atoms with Crippen LogP contribution >= 0.6 is 11.8 Å². The number of rotatable bonds is 6. The molecular weight excluding hydrogens is 288 g/mol. The van der Waals surface area contributed by atoms with Gasteiger partial charge in [0.2, 0.25) is 0 Å². The minimum Gasteiger partial charge on any atom is -0.349 e. The number of hydrogen-bond donors (Lipinski definition) is 1. The Morgan fingerprint density at radius 3 is 2.52 bits per heavy atom. The summed E-state index contributed by atoms with van der Waals surface area (Å²) in [5.41, 5.74) is 2.60. The zero-order chi connectivity index (χ0) is 15.6.